The fraction of sp³-hybridized carbons (Fsp3) is 0.233. The van der Waals surface area contributed by atoms with Gasteiger partial charge in [-0.15, -0.1) is 6.42 Å². The molecule has 1 fully saturated rings. The van der Waals surface area contributed by atoms with Crippen LogP contribution >= 0.6 is 11.6 Å². The summed E-state index contributed by atoms with van der Waals surface area (Å²) < 4.78 is 11.4. The van der Waals surface area contributed by atoms with Crippen LogP contribution in [0.1, 0.15) is 18.5 Å². The number of hydrogen-bond donors (Lipinski definition) is 2. The Morgan fingerprint density at radius 3 is 2.83 bits per heavy atom. The van der Waals surface area contributed by atoms with Gasteiger partial charge in [0.2, 0.25) is 5.91 Å². The molecule has 1 unspecified atom stereocenters. The molecule has 1 aliphatic heterocycles. The van der Waals surface area contributed by atoms with Crippen molar-refractivity contribution in [2.45, 2.75) is 31.5 Å². The number of carbonyl (C=O) groups excluding carboxylic acids is 2. The smallest absolute Gasteiger partial charge is 0.241 e. The molecule has 1 amide bonds. The fourth-order valence-electron chi connectivity index (χ4n) is 4.75. The Bertz CT molecular complexity index is 1610. The maximum Gasteiger partial charge on any atom is 0.241 e. The Labute approximate surface area is 242 Å². The van der Waals surface area contributed by atoms with Crippen molar-refractivity contribution in [3.05, 3.63) is 71.8 Å². The minimum Gasteiger partial charge on any atom is -0.494 e. The van der Waals surface area contributed by atoms with E-state index in [4.69, 9.17) is 27.5 Å². The van der Waals surface area contributed by atoms with Crippen LogP contribution in [0.4, 0.5) is 17.2 Å². The number of pyridine rings is 1. The second-order valence-electron chi connectivity index (χ2n) is 9.30. The van der Waals surface area contributed by atoms with Crippen LogP contribution in [-0.4, -0.2) is 57.8 Å². The van der Waals surface area contributed by atoms with Crippen molar-refractivity contribution in [2.75, 3.05) is 24.3 Å². The first kappa shape index (κ1) is 27.8. The van der Waals surface area contributed by atoms with E-state index in [9.17, 15) is 9.59 Å². The zero-order valence-electron chi connectivity index (χ0n) is 22.2. The molecule has 2 atom stereocenters. The van der Waals surface area contributed by atoms with E-state index in [0.29, 0.717) is 63.9 Å². The number of ether oxygens (including phenoxy) is 2. The molecule has 11 heteroatoms. The van der Waals surface area contributed by atoms with Gasteiger partial charge in [-0.05, 0) is 49.2 Å². The highest BCUT2D eigenvalue weighted by atomic mass is 35.5. The molecule has 2 aromatic carbocycles. The topological polar surface area (TPSA) is 119 Å². The van der Waals surface area contributed by atoms with Crippen LogP contribution in [0.5, 0.6) is 11.5 Å². The Hall–Kier alpha value is -4.72. The second kappa shape index (κ2) is 12.6. The van der Waals surface area contributed by atoms with Crippen molar-refractivity contribution in [3.8, 4) is 23.8 Å². The van der Waals surface area contributed by atoms with Crippen LogP contribution in [0.2, 0.25) is 5.02 Å². The minimum atomic E-state index is -0.755. The predicted molar refractivity (Wildman–Crippen MR) is 156 cm³/mol. The maximum atomic E-state index is 13.3. The summed E-state index contributed by atoms with van der Waals surface area (Å²) in [6.45, 7) is 0.857. The number of benzene rings is 2. The Balaban J connectivity index is 1.37. The van der Waals surface area contributed by atoms with E-state index in [1.54, 1.807) is 35.4 Å². The Morgan fingerprint density at radius 1 is 1.22 bits per heavy atom. The standard InChI is InChI=1S/C30H27ClN6O4/c1-3-21(16-38)37-12-6-8-26(37)30(39)36-25-14-22-24(15-28(25)40-2)33-18-34-29(22)35-19-9-10-27(23(31)13-19)41-17-20-7-4-5-11-32-20/h1,4-5,7,9-11,13-16,18,21,26H,6,8,12,17H2,2H3,(H,36,39)(H,33,34,35)/t21?,26-/m0/s1. The van der Waals surface area contributed by atoms with Crippen molar-refractivity contribution in [3.63, 3.8) is 0 Å². The second-order valence-corrected chi connectivity index (χ2v) is 9.71. The lowest BCUT2D eigenvalue weighted by Gasteiger charge is -2.26. The van der Waals surface area contributed by atoms with Crippen LogP contribution in [0, 0.1) is 12.3 Å². The number of nitrogens with zero attached hydrogens (tertiary/aromatic N) is 4. The van der Waals surface area contributed by atoms with Gasteiger partial charge in [0.15, 0.2) is 0 Å². The number of nitrogens with one attached hydrogen (secondary N) is 2. The monoisotopic (exact) mass is 570 g/mol. The number of amides is 1. The number of carbonyl (C=O) groups is 2. The van der Waals surface area contributed by atoms with Crippen LogP contribution < -0.4 is 20.1 Å². The van der Waals surface area contributed by atoms with Gasteiger partial charge in [-0.3, -0.25) is 14.7 Å². The van der Waals surface area contributed by atoms with Crippen molar-refractivity contribution in [2.24, 2.45) is 0 Å². The summed E-state index contributed by atoms with van der Waals surface area (Å²) in [5.41, 5.74) is 2.51. The molecule has 41 heavy (non-hydrogen) atoms. The van der Waals surface area contributed by atoms with Gasteiger partial charge in [0, 0.05) is 29.9 Å². The quantitative estimate of drug-likeness (QED) is 0.208. The molecular formula is C30H27ClN6O4. The molecule has 2 N–H and O–H groups in total. The molecule has 0 radical (unpaired) electrons. The first-order valence-electron chi connectivity index (χ1n) is 12.9. The van der Waals surface area contributed by atoms with E-state index in [-0.39, 0.29) is 12.5 Å². The molecule has 208 valence electrons. The maximum absolute atomic E-state index is 13.3. The highest BCUT2D eigenvalue weighted by molar-refractivity contribution is 6.32. The fourth-order valence-corrected chi connectivity index (χ4v) is 4.99. The third-order valence-electron chi connectivity index (χ3n) is 6.76. The molecule has 0 aliphatic carbocycles. The Morgan fingerprint density at radius 2 is 2.10 bits per heavy atom. The summed E-state index contributed by atoms with van der Waals surface area (Å²) in [5, 5.41) is 7.28. The summed E-state index contributed by atoms with van der Waals surface area (Å²) in [6.07, 6.45) is 10.7. The van der Waals surface area contributed by atoms with E-state index in [0.717, 1.165) is 12.1 Å². The number of fused-ring (bicyclic) bond motifs is 1. The van der Waals surface area contributed by atoms with Gasteiger partial charge in [-0.2, -0.15) is 0 Å². The zero-order valence-corrected chi connectivity index (χ0v) is 23.0. The van der Waals surface area contributed by atoms with Gasteiger partial charge >= 0.3 is 0 Å². The SMILES string of the molecule is C#CC(C=O)N1CCC[C@H]1C(=O)Nc1cc2c(Nc3ccc(OCc4ccccn4)c(Cl)c3)ncnc2cc1OC. The van der Waals surface area contributed by atoms with Crippen molar-refractivity contribution < 1.29 is 19.1 Å². The first-order chi connectivity index (χ1) is 20.0. The lowest BCUT2D eigenvalue weighted by molar-refractivity contribution is -0.121. The molecule has 0 spiro atoms. The molecule has 5 rings (SSSR count). The van der Waals surface area contributed by atoms with Crippen molar-refractivity contribution in [1.82, 2.24) is 19.9 Å². The van der Waals surface area contributed by atoms with E-state index >= 15 is 0 Å². The van der Waals surface area contributed by atoms with Gasteiger partial charge in [-0.1, -0.05) is 23.6 Å². The average molecular weight is 571 g/mol. The van der Waals surface area contributed by atoms with Gasteiger partial charge in [0.25, 0.3) is 0 Å². The summed E-state index contributed by atoms with van der Waals surface area (Å²) in [5.74, 6) is 3.63. The lowest BCUT2D eigenvalue weighted by atomic mass is 10.1. The highest BCUT2D eigenvalue weighted by Crippen LogP contribution is 2.35. The average Bonchev–Trinajstić information content (AvgIpc) is 3.48. The number of rotatable bonds is 10. The molecule has 1 aliphatic rings. The van der Waals surface area contributed by atoms with Gasteiger partial charge in [-0.25, -0.2) is 9.97 Å². The normalized spacial score (nSPS) is 15.6. The molecule has 4 aromatic rings. The number of aldehydes is 1. The molecular weight excluding hydrogens is 544 g/mol. The van der Waals surface area contributed by atoms with E-state index in [2.05, 4.69) is 31.5 Å². The summed E-state index contributed by atoms with van der Waals surface area (Å²) >= 11 is 6.50. The molecule has 3 heterocycles. The van der Waals surface area contributed by atoms with E-state index < -0.39 is 12.1 Å². The zero-order chi connectivity index (χ0) is 28.8. The van der Waals surface area contributed by atoms with Crippen molar-refractivity contribution in [1.29, 1.82) is 0 Å². The molecule has 2 aromatic heterocycles. The minimum absolute atomic E-state index is 0.276. The first-order valence-corrected chi connectivity index (χ1v) is 13.3. The molecule has 1 saturated heterocycles. The lowest BCUT2D eigenvalue weighted by Crippen LogP contribution is -2.45. The van der Waals surface area contributed by atoms with Crippen LogP contribution in [0.25, 0.3) is 10.9 Å². The number of anilines is 3. The van der Waals surface area contributed by atoms with Gasteiger partial charge in [0.1, 0.15) is 42.6 Å². The molecule has 10 nitrogen and oxygen atoms in total. The number of aromatic nitrogens is 3. The summed E-state index contributed by atoms with van der Waals surface area (Å²) in [6, 6.07) is 13.1. The van der Waals surface area contributed by atoms with Crippen LogP contribution in [0.3, 0.4) is 0 Å². The third kappa shape index (κ3) is 6.22. The Kier molecular flexibility index (Phi) is 8.58. The predicted octanol–water partition coefficient (Wildman–Crippen LogP) is 4.61. The number of likely N-dealkylation sites (tertiary alicyclic amines) is 1. The van der Waals surface area contributed by atoms with Crippen LogP contribution in [0.15, 0.2) is 61.1 Å². The summed E-state index contributed by atoms with van der Waals surface area (Å²) in [7, 11) is 1.51. The highest BCUT2D eigenvalue weighted by Gasteiger charge is 2.35. The number of hydrogen-bond acceptors (Lipinski definition) is 9. The van der Waals surface area contributed by atoms with Crippen molar-refractivity contribution >= 4 is 51.9 Å². The number of halogens is 1. The molecule has 0 saturated carbocycles. The van der Waals surface area contributed by atoms with Gasteiger partial charge in [0.05, 0.1) is 35.1 Å². The van der Waals surface area contributed by atoms with Crippen LogP contribution in [-0.2, 0) is 16.2 Å². The third-order valence-corrected chi connectivity index (χ3v) is 7.06. The van der Waals surface area contributed by atoms with E-state index in [1.165, 1.54) is 13.4 Å². The molecule has 0 bridgehead atoms. The largest absolute Gasteiger partial charge is 0.494 e. The van der Waals surface area contributed by atoms with Gasteiger partial charge < -0.3 is 24.9 Å². The summed E-state index contributed by atoms with van der Waals surface area (Å²) in [4.78, 5) is 39.5. The number of terminal acetylenes is 1. The van der Waals surface area contributed by atoms with E-state index in [1.807, 2.05) is 24.3 Å². The number of methoxy groups -OCH3 is 1.